The number of hydrogen-bond acceptors (Lipinski definition) is 3. The van der Waals surface area contributed by atoms with Crippen LogP contribution in [0, 0.1) is 5.92 Å². The van der Waals surface area contributed by atoms with Gasteiger partial charge in [0.1, 0.15) is 0 Å². The van der Waals surface area contributed by atoms with E-state index in [9.17, 15) is 4.79 Å². The van der Waals surface area contributed by atoms with Gasteiger partial charge in [-0.05, 0) is 37.0 Å². The first-order valence-corrected chi connectivity index (χ1v) is 6.26. The molecular formula is C14H16O3. The van der Waals surface area contributed by atoms with Crippen LogP contribution >= 0.6 is 0 Å². The number of benzene rings is 1. The summed E-state index contributed by atoms with van der Waals surface area (Å²) < 4.78 is 11.1. The second-order valence-corrected chi connectivity index (χ2v) is 4.78. The summed E-state index contributed by atoms with van der Waals surface area (Å²) in [5.41, 5.74) is 0.751. The quantitative estimate of drug-likeness (QED) is 0.752. The summed E-state index contributed by atoms with van der Waals surface area (Å²) in [5.74, 6) is 2.32. The highest BCUT2D eigenvalue weighted by atomic mass is 16.5. The molecule has 1 saturated carbocycles. The lowest BCUT2D eigenvalue weighted by atomic mass is 10.1. The zero-order chi connectivity index (χ0) is 11.7. The molecule has 0 aromatic heterocycles. The first kappa shape index (κ1) is 10.6. The smallest absolute Gasteiger partial charge is 0.163 e. The summed E-state index contributed by atoms with van der Waals surface area (Å²) >= 11 is 0. The van der Waals surface area contributed by atoms with Crippen molar-refractivity contribution in [2.45, 2.75) is 25.7 Å². The Bertz CT molecular complexity index is 435. The van der Waals surface area contributed by atoms with Crippen LogP contribution in [0.4, 0.5) is 0 Å². The minimum atomic E-state index is 0.225. The fraction of sp³-hybridized carbons (Fsp3) is 0.500. The standard InChI is InChI=1S/C14H16O3/c15-12(8-10-2-3-10)11-4-5-13-14(9-11)17-7-1-6-16-13/h4-5,9-10H,1-3,6-8H2. The number of fused-ring (bicyclic) bond motifs is 1. The molecule has 1 aromatic rings. The fourth-order valence-electron chi connectivity index (χ4n) is 2.04. The second kappa shape index (κ2) is 4.40. The highest BCUT2D eigenvalue weighted by molar-refractivity contribution is 5.97. The zero-order valence-corrected chi connectivity index (χ0v) is 9.78. The van der Waals surface area contributed by atoms with Gasteiger partial charge in [0, 0.05) is 18.4 Å². The summed E-state index contributed by atoms with van der Waals surface area (Å²) in [6, 6.07) is 5.52. The van der Waals surface area contributed by atoms with Crippen molar-refractivity contribution in [3.8, 4) is 11.5 Å². The lowest BCUT2D eigenvalue weighted by molar-refractivity contribution is 0.0975. The summed E-state index contributed by atoms with van der Waals surface area (Å²) in [4.78, 5) is 12.0. The van der Waals surface area contributed by atoms with E-state index in [0.29, 0.717) is 31.3 Å². The molecule has 0 spiro atoms. The topological polar surface area (TPSA) is 35.5 Å². The molecule has 1 heterocycles. The molecule has 0 saturated heterocycles. The van der Waals surface area contributed by atoms with Gasteiger partial charge in [-0.25, -0.2) is 0 Å². The first-order chi connectivity index (χ1) is 8.33. The molecule has 0 amide bonds. The molecule has 3 rings (SSSR count). The Morgan fingerprint density at radius 2 is 1.94 bits per heavy atom. The predicted molar refractivity (Wildman–Crippen MR) is 63.7 cm³/mol. The van der Waals surface area contributed by atoms with Crippen molar-refractivity contribution in [2.24, 2.45) is 5.92 Å². The third-order valence-electron chi connectivity index (χ3n) is 3.24. The maximum absolute atomic E-state index is 12.0. The molecule has 0 atom stereocenters. The third kappa shape index (κ3) is 2.43. The minimum Gasteiger partial charge on any atom is -0.490 e. The molecular weight excluding hydrogens is 216 g/mol. The van der Waals surface area contributed by atoms with Gasteiger partial charge in [0.15, 0.2) is 17.3 Å². The summed E-state index contributed by atoms with van der Waals surface area (Å²) in [5, 5.41) is 0. The molecule has 3 nitrogen and oxygen atoms in total. The van der Waals surface area contributed by atoms with E-state index in [4.69, 9.17) is 9.47 Å². The Kier molecular flexibility index (Phi) is 2.75. The van der Waals surface area contributed by atoms with Crippen LogP contribution < -0.4 is 9.47 Å². The molecule has 17 heavy (non-hydrogen) atoms. The molecule has 1 aliphatic heterocycles. The van der Waals surface area contributed by atoms with Crippen LogP contribution in [0.15, 0.2) is 18.2 Å². The van der Waals surface area contributed by atoms with Gasteiger partial charge in [0.25, 0.3) is 0 Å². The van der Waals surface area contributed by atoms with Gasteiger partial charge in [-0.15, -0.1) is 0 Å². The molecule has 1 fully saturated rings. The van der Waals surface area contributed by atoms with Crippen LogP contribution in [-0.2, 0) is 0 Å². The van der Waals surface area contributed by atoms with Crippen molar-refractivity contribution in [1.29, 1.82) is 0 Å². The normalized spacial score (nSPS) is 18.6. The van der Waals surface area contributed by atoms with Crippen LogP contribution in [0.25, 0.3) is 0 Å². The van der Waals surface area contributed by atoms with Crippen molar-refractivity contribution in [1.82, 2.24) is 0 Å². The minimum absolute atomic E-state index is 0.225. The van der Waals surface area contributed by atoms with E-state index in [1.165, 1.54) is 12.8 Å². The Hall–Kier alpha value is -1.51. The van der Waals surface area contributed by atoms with Crippen molar-refractivity contribution >= 4 is 5.78 Å². The molecule has 0 radical (unpaired) electrons. The maximum atomic E-state index is 12.0. The number of carbonyl (C=O) groups is 1. The van der Waals surface area contributed by atoms with E-state index in [-0.39, 0.29) is 5.78 Å². The van der Waals surface area contributed by atoms with Crippen LogP contribution in [0.1, 0.15) is 36.0 Å². The number of Topliss-reactive ketones (excluding diaryl/α,β-unsaturated/α-hetero) is 1. The molecule has 1 aliphatic carbocycles. The summed E-state index contributed by atoms with van der Waals surface area (Å²) in [6.07, 6.45) is 3.98. The van der Waals surface area contributed by atoms with E-state index in [0.717, 1.165) is 17.7 Å². The summed E-state index contributed by atoms with van der Waals surface area (Å²) in [7, 11) is 0. The Labute approximate surface area is 101 Å². The Balaban J connectivity index is 1.80. The number of hydrogen-bond donors (Lipinski definition) is 0. The molecule has 2 aliphatic rings. The lowest BCUT2D eigenvalue weighted by Gasteiger charge is -2.08. The molecule has 1 aromatic carbocycles. The average molecular weight is 232 g/mol. The maximum Gasteiger partial charge on any atom is 0.163 e. The monoisotopic (exact) mass is 232 g/mol. The molecule has 90 valence electrons. The van der Waals surface area contributed by atoms with Gasteiger partial charge in [-0.3, -0.25) is 4.79 Å². The van der Waals surface area contributed by atoms with E-state index >= 15 is 0 Å². The molecule has 0 N–H and O–H groups in total. The number of ketones is 1. The largest absolute Gasteiger partial charge is 0.490 e. The van der Waals surface area contributed by atoms with Gasteiger partial charge in [-0.1, -0.05) is 0 Å². The average Bonchev–Trinajstić information content (AvgIpc) is 3.14. The highest BCUT2D eigenvalue weighted by Gasteiger charge is 2.25. The van der Waals surface area contributed by atoms with Gasteiger partial charge in [0.05, 0.1) is 13.2 Å². The molecule has 0 bridgehead atoms. The van der Waals surface area contributed by atoms with Gasteiger partial charge < -0.3 is 9.47 Å². The predicted octanol–water partition coefficient (Wildman–Crippen LogP) is 2.83. The van der Waals surface area contributed by atoms with Crippen LogP contribution in [0.3, 0.4) is 0 Å². The van der Waals surface area contributed by atoms with E-state index in [1.54, 1.807) is 0 Å². The first-order valence-electron chi connectivity index (χ1n) is 6.26. The van der Waals surface area contributed by atoms with Crippen LogP contribution in [-0.4, -0.2) is 19.0 Å². The van der Waals surface area contributed by atoms with Gasteiger partial charge in [0.2, 0.25) is 0 Å². The van der Waals surface area contributed by atoms with Crippen LogP contribution in [0.5, 0.6) is 11.5 Å². The van der Waals surface area contributed by atoms with E-state index in [1.807, 2.05) is 18.2 Å². The van der Waals surface area contributed by atoms with Crippen molar-refractivity contribution in [3.63, 3.8) is 0 Å². The van der Waals surface area contributed by atoms with Gasteiger partial charge >= 0.3 is 0 Å². The third-order valence-corrected chi connectivity index (χ3v) is 3.24. The van der Waals surface area contributed by atoms with Crippen molar-refractivity contribution in [2.75, 3.05) is 13.2 Å². The van der Waals surface area contributed by atoms with Crippen LogP contribution in [0.2, 0.25) is 0 Å². The number of rotatable bonds is 3. The molecule has 3 heteroatoms. The zero-order valence-electron chi connectivity index (χ0n) is 9.78. The highest BCUT2D eigenvalue weighted by Crippen LogP contribution is 2.35. The molecule has 0 unspecified atom stereocenters. The van der Waals surface area contributed by atoms with Crippen molar-refractivity contribution in [3.05, 3.63) is 23.8 Å². The van der Waals surface area contributed by atoms with E-state index in [2.05, 4.69) is 0 Å². The van der Waals surface area contributed by atoms with E-state index < -0.39 is 0 Å². The lowest BCUT2D eigenvalue weighted by Crippen LogP contribution is -2.01. The second-order valence-electron chi connectivity index (χ2n) is 4.78. The Morgan fingerprint density at radius 3 is 2.71 bits per heavy atom. The number of ether oxygens (including phenoxy) is 2. The SMILES string of the molecule is O=C(CC1CC1)c1ccc2c(c1)OCCCO2. The summed E-state index contributed by atoms with van der Waals surface area (Å²) in [6.45, 7) is 1.34. The Morgan fingerprint density at radius 1 is 1.18 bits per heavy atom. The van der Waals surface area contributed by atoms with Crippen molar-refractivity contribution < 1.29 is 14.3 Å². The van der Waals surface area contributed by atoms with Gasteiger partial charge in [-0.2, -0.15) is 0 Å². The number of carbonyl (C=O) groups excluding carboxylic acids is 1. The fourth-order valence-corrected chi connectivity index (χ4v) is 2.04.